The molecule has 0 saturated carbocycles. The summed E-state index contributed by atoms with van der Waals surface area (Å²) in [5.41, 5.74) is 2.42. The quantitative estimate of drug-likeness (QED) is 0.765. The molecule has 31 heavy (non-hydrogen) atoms. The monoisotopic (exact) mass is 456 g/mol. The number of hydrogen-bond acceptors (Lipinski definition) is 5. The van der Waals surface area contributed by atoms with Crippen LogP contribution in [0.25, 0.3) is 0 Å². The van der Waals surface area contributed by atoms with Crippen molar-refractivity contribution in [1.82, 2.24) is 9.62 Å². The summed E-state index contributed by atoms with van der Waals surface area (Å²) in [6.45, 7) is 2.95. The van der Waals surface area contributed by atoms with Crippen LogP contribution >= 0.6 is 0 Å². The number of aryl methyl sites for hydroxylation is 1. The topological polar surface area (TPSA) is 83.6 Å². The summed E-state index contributed by atoms with van der Waals surface area (Å²) >= 11 is 0. The molecule has 0 unspecified atom stereocenters. The molecule has 2 aliphatic heterocycles. The van der Waals surface area contributed by atoms with Crippen LogP contribution in [-0.2, 0) is 19.9 Å². The average molecular weight is 457 g/mol. The third-order valence-electron chi connectivity index (χ3n) is 5.42. The average Bonchev–Trinajstić information content (AvgIpc) is 2.74. The molecule has 0 aliphatic carbocycles. The Morgan fingerprint density at radius 3 is 2.26 bits per heavy atom. The van der Waals surface area contributed by atoms with Gasteiger partial charge in [0.2, 0.25) is 19.9 Å². The minimum atomic E-state index is -3.66. The molecule has 1 N–H and O–H groups in total. The lowest BCUT2D eigenvalue weighted by Crippen LogP contribution is -2.35. The Kier molecular flexibility index (Phi) is 5.98. The first-order valence-electron chi connectivity index (χ1n) is 9.97. The van der Waals surface area contributed by atoms with Crippen LogP contribution in [0.5, 0.6) is 0 Å². The van der Waals surface area contributed by atoms with E-state index in [1.807, 2.05) is 6.92 Å². The van der Waals surface area contributed by atoms with E-state index in [2.05, 4.69) is 5.32 Å². The van der Waals surface area contributed by atoms with Crippen molar-refractivity contribution in [2.75, 3.05) is 26.2 Å². The van der Waals surface area contributed by atoms with E-state index < -0.39 is 19.9 Å². The highest BCUT2D eigenvalue weighted by Gasteiger charge is 2.29. The zero-order valence-corrected chi connectivity index (χ0v) is 18.8. The SMILES string of the molecule is Cc1ccc(S(=O)(=O)N2C/C=C\C3=C(S(=O)(=O)c4ccccc4)CNC/C3=C/C2)cc1. The maximum absolute atomic E-state index is 13.2. The molecule has 0 fully saturated rings. The lowest BCUT2D eigenvalue weighted by atomic mass is 10.0. The van der Waals surface area contributed by atoms with Crippen LogP contribution < -0.4 is 5.32 Å². The van der Waals surface area contributed by atoms with Crippen molar-refractivity contribution in [2.24, 2.45) is 0 Å². The van der Waals surface area contributed by atoms with Gasteiger partial charge in [-0.05, 0) is 42.3 Å². The van der Waals surface area contributed by atoms with E-state index in [1.54, 1.807) is 72.8 Å². The maximum atomic E-state index is 13.2. The molecule has 0 aromatic heterocycles. The number of nitrogens with one attached hydrogen (secondary N) is 1. The van der Waals surface area contributed by atoms with Gasteiger partial charge in [-0.3, -0.25) is 0 Å². The highest BCUT2D eigenvalue weighted by atomic mass is 32.2. The number of hydrogen-bond donors (Lipinski definition) is 1. The largest absolute Gasteiger partial charge is 0.308 e. The molecule has 2 aromatic carbocycles. The van der Waals surface area contributed by atoms with Gasteiger partial charge in [0.15, 0.2) is 0 Å². The Bertz CT molecular complexity index is 1270. The Morgan fingerprint density at radius 1 is 0.839 bits per heavy atom. The predicted molar refractivity (Wildman–Crippen MR) is 121 cm³/mol. The van der Waals surface area contributed by atoms with E-state index in [-0.39, 0.29) is 29.4 Å². The van der Waals surface area contributed by atoms with Crippen molar-refractivity contribution < 1.29 is 16.8 Å². The number of rotatable bonds is 4. The number of benzene rings is 2. The standard InChI is InChI=1S/C23H24N2O4S2/c1-18-9-11-21(12-10-18)31(28,29)25-14-5-8-22-19(13-15-25)16-24-17-23(22)30(26,27)20-6-3-2-4-7-20/h2-13,24H,14-17H2,1H3/b8-5-,19-13-. The molecule has 6 nitrogen and oxygen atoms in total. The van der Waals surface area contributed by atoms with E-state index in [4.69, 9.17) is 0 Å². The fourth-order valence-corrected chi connectivity index (χ4v) is 6.59. The fraction of sp³-hybridized carbons (Fsp3) is 0.217. The summed E-state index contributed by atoms with van der Waals surface area (Å²) in [6.07, 6.45) is 5.26. The summed E-state index contributed by atoms with van der Waals surface area (Å²) in [5, 5.41) is 3.14. The van der Waals surface area contributed by atoms with Crippen LogP contribution in [-0.4, -0.2) is 47.3 Å². The second-order valence-electron chi connectivity index (χ2n) is 7.52. The molecule has 8 heteroatoms. The minimum Gasteiger partial charge on any atom is -0.308 e. The van der Waals surface area contributed by atoms with Gasteiger partial charge in [0.25, 0.3) is 0 Å². The number of sulfone groups is 1. The lowest BCUT2D eigenvalue weighted by Gasteiger charge is -2.26. The summed E-state index contributed by atoms with van der Waals surface area (Å²) in [7, 11) is -7.31. The molecule has 2 aliphatic rings. The van der Waals surface area contributed by atoms with Crippen LogP contribution in [0.4, 0.5) is 0 Å². The van der Waals surface area contributed by atoms with Gasteiger partial charge in [-0.1, -0.05) is 54.1 Å². The van der Waals surface area contributed by atoms with E-state index in [0.29, 0.717) is 17.0 Å². The summed E-state index contributed by atoms with van der Waals surface area (Å²) in [6, 6.07) is 15.1. The van der Waals surface area contributed by atoms with Crippen LogP contribution in [0, 0.1) is 6.92 Å². The van der Waals surface area contributed by atoms with Gasteiger partial charge >= 0.3 is 0 Å². The molecule has 0 bridgehead atoms. The van der Waals surface area contributed by atoms with Crippen LogP contribution in [0.1, 0.15) is 5.56 Å². The first-order chi connectivity index (χ1) is 14.8. The van der Waals surface area contributed by atoms with Crippen molar-refractivity contribution >= 4 is 19.9 Å². The molecule has 2 heterocycles. The highest BCUT2D eigenvalue weighted by molar-refractivity contribution is 7.95. The van der Waals surface area contributed by atoms with Gasteiger partial charge in [-0.2, -0.15) is 4.31 Å². The lowest BCUT2D eigenvalue weighted by molar-refractivity contribution is 0.472. The second kappa shape index (κ2) is 8.55. The first-order valence-corrected chi connectivity index (χ1v) is 12.9. The van der Waals surface area contributed by atoms with Gasteiger partial charge in [0, 0.05) is 26.2 Å². The normalized spacial score (nSPS) is 20.9. The molecule has 4 rings (SSSR count). The van der Waals surface area contributed by atoms with Crippen molar-refractivity contribution in [3.63, 3.8) is 0 Å². The van der Waals surface area contributed by atoms with Crippen LogP contribution in [0.3, 0.4) is 0 Å². The Labute approximate surface area is 183 Å². The Hall–Kier alpha value is -2.52. The van der Waals surface area contributed by atoms with E-state index in [0.717, 1.165) is 11.1 Å². The van der Waals surface area contributed by atoms with E-state index in [9.17, 15) is 16.8 Å². The van der Waals surface area contributed by atoms with Gasteiger partial charge in [0.05, 0.1) is 14.7 Å². The van der Waals surface area contributed by atoms with Gasteiger partial charge in [-0.15, -0.1) is 0 Å². The summed E-state index contributed by atoms with van der Waals surface area (Å²) < 4.78 is 54.0. The third kappa shape index (κ3) is 4.29. The fourth-order valence-electron chi connectivity index (χ4n) is 3.67. The molecule has 0 radical (unpaired) electrons. The van der Waals surface area contributed by atoms with E-state index >= 15 is 0 Å². The predicted octanol–water partition coefficient (Wildman–Crippen LogP) is 2.81. The zero-order chi connectivity index (χ0) is 22.1. The maximum Gasteiger partial charge on any atom is 0.243 e. The first kappa shape index (κ1) is 21.7. The number of sulfonamides is 1. The summed E-state index contributed by atoms with van der Waals surface area (Å²) in [5.74, 6) is 0. The molecule has 2 aromatic rings. The second-order valence-corrected chi connectivity index (χ2v) is 11.4. The zero-order valence-electron chi connectivity index (χ0n) is 17.2. The number of nitrogens with zero attached hydrogens (tertiary/aromatic N) is 1. The van der Waals surface area contributed by atoms with Crippen molar-refractivity contribution in [2.45, 2.75) is 16.7 Å². The van der Waals surface area contributed by atoms with Crippen molar-refractivity contribution in [1.29, 1.82) is 0 Å². The highest BCUT2D eigenvalue weighted by Crippen LogP contribution is 2.30. The van der Waals surface area contributed by atoms with Gasteiger partial charge < -0.3 is 5.32 Å². The van der Waals surface area contributed by atoms with Gasteiger partial charge in [-0.25, -0.2) is 16.8 Å². The Balaban J connectivity index is 1.70. The van der Waals surface area contributed by atoms with Crippen molar-refractivity contribution in [3.8, 4) is 0 Å². The molecule has 162 valence electrons. The molecule has 0 spiro atoms. The minimum absolute atomic E-state index is 0.162. The summed E-state index contributed by atoms with van der Waals surface area (Å²) in [4.78, 5) is 0.803. The van der Waals surface area contributed by atoms with E-state index in [1.165, 1.54) is 4.31 Å². The smallest absolute Gasteiger partial charge is 0.243 e. The molecular formula is C23H24N2O4S2. The number of allylic oxidation sites excluding steroid dienone is 1. The van der Waals surface area contributed by atoms with Crippen LogP contribution in [0.2, 0.25) is 0 Å². The molecule has 0 amide bonds. The number of fused-ring (bicyclic) bond motifs is 1. The van der Waals surface area contributed by atoms with Gasteiger partial charge in [0.1, 0.15) is 0 Å². The third-order valence-corrected chi connectivity index (χ3v) is 9.17. The van der Waals surface area contributed by atoms with Crippen molar-refractivity contribution in [3.05, 3.63) is 94.4 Å². The molecule has 0 saturated heterocycles. The van der Waals surface area contributed by atoms with Crippen LogP contribution in [0.15, 0.2) is 98.7 Å². The molecule has 0 atom stereocenters. The Morgan fingerprint density at radius 2 is 1.55 bits per heavy atom. The molecular weight excluding hydrogens is 432 g/mol.